The van der Waals surface area contributed by atoms with Crippen molar-refractivity contribution >= 4 is 28.9 Å². The molecule has 0 bridgehead atoms. The van der Waals surface area contributed by atoms with Crippen molar-refractivity contribution in [1.29, 1.82) is 0 Å². The van der Waals surface area contributed by atoms with Crippen LogP contribution in [-0.2, 0) is 6.54 Å². The summed E-state index contributed by atoms with van der Waals surface area (Å²) in [6.45, 7) is 0.737. The Morgan fingerprint density at radius 2 is 1.69 bits per heavy atom. The van der Waals surface area contributed by atoms with Crippen LogP contribution >= 0.6 is 23.2 Å². The van der Waals surface area contributed by atoms with Crippen LogP contribution in [0, 0.1) is 0 Å². The second kappa shape index (κ2) is 5.24. The molecule has 1 nitrogen and oxygen atoms in total. The van der Waals surface area contributed by atoms with Gasteiger partial charge in [-0.05, 0) is 23.8 Å². The number of hydrogen-bond donors (Lipinski definition) is 1. The number of halogens is 2. The van der Waals surface area contributed by atoms with Gasteiger partial charge in [-0.15, -0.1) is 0 Å². The zero-order valence-electron chi connectivity index (χ0n) is 8.58. The predicted molar refractivity (Wildman–Crippen MR) is 70.2 cm³/mol. The first-order valence-electron chi connectivity index (χ1n) is 4.98. The molecule has 0 aromatic heterocycles. The summed E-state index contributed by atoms with van der Waals surface area (Å²) in [7, 11) is 0. The van der Waals surface area contributed by atoms with E-state index in [1.807, 2.05) is 24.3 Å². The van der Waals surface area contributed by atoms with Gasteiger partial charge < -0.3 is 5.32 Å². The Bertz CT molecular complexity index is 469. The summed E-state index contributed by atoms with van der Waals surface area (Å²) in [5.41, 5.74) is 2.07. The van der Waals surface area contributed by atoms with Crippen molar-refractivity contribution in [2.45, 2.75) is 6.54 Å². The molecule has 0 radical (unpaired) electrons. The minimum absolute atomic E-state index is 0.681. The van der Waals surface area contributed by atoms with Crippen molar-refractivity contribution in [2.24, 2.45) is 0 Å². The van der Waals surface area contributed by atoms with Gasteiger partial charge in [0, 0.05) is 11.6 Å². The fourth-order valence-electron chi connectivity index (χ4n) is 1.43. The highest BCUT2D eigenvalue weighted by molar-refractivity contribution is 6.35. The maximum Gasteiger partial charge on any atom is 0.0638 e. The van der Waals surface area contributed by atoms with Gasteiger partial charge in [0.2, 0.25) is 0 Å². The Morgan fingerprint density at radius 3 is 2.44 bits per heavy atom. The van der Waals surface area contributed by atoms with Crippen molar-refractivity contribution < 1.29 is 0 Å². The Hall–Kier alpha value is -1.18. The fraction of sp³-hybridized carbons (Fsp3) is 0.0769. The standard InChI is InChI=1S/C13H11Cl2N/c14-11-6-7-12(15)13(8-11)16-9-10-4-2-1-3-5-10/h1-8,16H,9H2. The topological polar surface area (TPSA) is 12.0 Å². The van der Waals surface area contributed by atoms with E-state index >= 15 is 0 Å². The molecule has 82 valence electrons. The largest absolute Gasteiger partial charge is 0.380 e. The van der Waals surface area contributed by atoms with Gasteiger partial charge in [0.05, 0.1) is 10.7 Å². The smallest absolute Gasteiger partial charge is 0.0638 e. The van der Waals surface area contributed by atoms with Crippen molar-refractivity contribution in [3.05, 3.63) is 64.1 Å². The second-order valence-electron chi connectivity index (χ2n) is 3.46. The Balaban J connectivity index is 2.08. The van der Waals surface area contributed by atoms with Gasteiger partial charge in [0.1, 0.15) is 0 Å². The molecular weight excluding hydrogens is 241 g/mol. The first-order chi connectivity index (χ1) is 7.75. The molecule has 2 rings (SSSR count). The molecule has 0 fully saturated rings. The lowest BCUT2D eigenvalue weighted by molar-refractivity contribution is 1.15. The van der Waals surface area contributed by atoms with Crippen LogP contribution in [0.4, 0.5) is 5.69 Å². The summed E-state index contributed by atoms with van der Waals surface area (Å²) >= 11 is 11.9. The molecule has 0 spiro atoms. The zero-order valence-corrected chi connectivity index (χ0v) is 10.1. The molecule has 0 atom stereocenters. The molecule has 0 saturated heterocycles. The van der Waals surface area contributed by atoms with E-state index in [0.29, 0.717) is 10.0 Å². The van der Waals surface area contributed by atoms with Gasteiger partial charge in [0.15, 0.2) is 0 Å². The third kappa shape index (κ3) is 2.91. The second-order valence-corrected chi connectivity index (χ2v) is 4.31. The van der Waals surface area contributed by atoms with E-state index in [9.17, 15) is 0 Å². The molecule has 0 unspecified atom stereocenters. The summed E-state index contributed by atoms with van der Waals surface area (Å²) in [6.07, 6.45) is 0. The highest BCUT2D eigenvalue weighted by Crippen LogP contribution is 2.25. The third-order valence-electron chi connectivity index (χ3n) is 2.25. The highest BCUT2D eigenvalue weighted by Gasteiger charge is 2.00. The zero-order chi connectivity index (χ0) is 11.4. The lowest BCUT2D eigenvalue weighted by Crippen LogP contribution is -1.99. The average Bonchev–Trinajstić information content (AvgIpc) is 2.32. The van der Waals surface area contributed by atoms with Gasteiger partial charge in [0.25, 0.3) is 0 Å². The predicted octanol–water partition coefficient (Wildman–Crippen LogP) is 4.61. The molecule has 2 aromatic carbocycles. The van der Waals surface area contributed by atoms with E-state index < -0.39 is 0 Å². The van der Waals surface area contributed by atoms with E-state index in [1.54, 1.807) is 12.1 Å². The summed E-state index contributed by atoms with van der Waals surface area (Å²) in [6, 6.07) is 15.5. The van der Waals surface area contributed by atoms with E-state index in [0.717, 1.165) is 12.2 Å². The SMILES string of the molecule is Clc1ccc(Cl)c(NCc2ccccc2)c1. The maximum atomic E-state index is 6.04. The third-order valence-corrected chi connectivity index (χ3v) is 2.82. The normalized spacial score (nSPS) is 10.1. The van der Waals surface area contributed by atoms with Gasteiger partial charge in [-0.2, -0.15) is 0 Å². The lowest BCUT2D eigenvalue weighted by atomic mass is 10.2. The molecule has 3 heteroatoms. The monoisotopic (exact) mass is 251 g/mol. The number of nitrogens with one attached hydrogen (secondary N) is 1. The molecule has 0 amide bonds. The lowest BCUT2D eigenvalue weighted by Gasteiger charge is -2.08. The summed E-state index contributed by atoms with van der Waals surface area (Å²) in [4.78, 5) is 0. The Kier molecular flexibility index (Phi) is 3.70. The number of benzene rings is 2. The minimum atomic E-state index is 0.681. The van der Waals surface area contributed by atoms with Gasteiger partial charge in [-0.25, -0.2) is 0 Å². The molecule has 0 aliphatic rings. The first-order valence-corrected chi connectivity index (χ1v) is 5.74. The Labute approximate surface area is 105 Å². The minimum Gasteiger partial charge on any atom is -0.380 e. The highest BCUT2D eigenvalue weighted by atomic mass is 35.5. The van der Waals surface area contributed by atoms with Crippen molar-refractivity contribution in [1.82, 2.24) is 0 Å². The van der Waals surface area contributed by atoms with Crippen LogP contribution in [-0.4, -0.2) is 0 Å². The quantitative estimate of drug-likeness (QED) is 0.841. The number of anilines is 1. The van der Waals surface area contributed by atoms with E-state index in [1.165, 1.54) is 5.56 Å². The molecule has 16 heavy (non-hydrogen) atoms. The van der Waals surface area contributed by atoms with Crippen LogP contribution in [0.2, 0.25) is 10.0 Å². The molecule has 0 saturated carbocycles. The van der Waals surface area contributed by atoms with E-state index in [-0.39, 0.29) is 0 Å². The molecule has 0 aliphatic heterocycles. The summed E-state index contributed by atoms with van der Waals surface area (Å²) in [5.74, 6) is 0. The van der Waals surface area contributed by atoms with Crippen LogP contribution in [0.3, 0.4) is 0 Å². The van der Waals surface area contributed by atoms with E-state index in [4.69, 9.17) is 23.2 Å². The number of hydrogen-bond acceptors (Lipinski definition) is 1. The summed E-state index contributed by atoms with van der Waals surface area (Å²) < 4.78 is 0. The average molecular weight is 252 g/mol. The van der Waals surface area contributed by atoms with Crippen LogP contribution in [0.15, 0.2) is 48.5 Å². The fourth-order valence-corrected chi connectivity index (χ4v) is 1.78. The molecule has 1 N–H and O–H groups in total. The van der Waals surface area contributed by atoms with E-state index in [2.05, 4.69) is 17.4 Å². The van der Waals surface area contributed by atoms with Crippen molar-refractivity contribution in [3.63, 3.8) is 0 Å². The van der Waals surface area contributed by atoms with Crippen LogP contribution in [0.1, 0.15) is 5.56 Å². The number of rotatable bonds is 3. The van der Waals surface area contributed by atoms with Crippen LogP contribution in [0.5, 0.6) is 0 Å². The van der Waals surface area contributed by atoms with Crippen molar-refractivity contribution in [2.75, 3.05) is 5.32 Å². The van der Waals surface area contributed by atoms with Crippen molar-refractivity contribution in [3.8, 4) is 0 Å². The van der Waals surface area contributed by atoms with Gasteiger partial charge in [-0.1, -0.05) is 53.5 Å². The van der Waals surface area contributed by atoms with Crippen LogP contribution in [0.25, 0.3) is 0 Å². The molecular formula is C13H11Cl2N. The Morgan fingerprint density at radius 1 is 0.938 bits per heavy atom. The molecule has 2 aromatic rings. The molecule has 0 aliphatic carbocycles. The maximum absolute atomic E-state index is 6.04. The van der Waals surface area contributed by atoms with Gasteiger partial charge >= 0.3 is 0 Å². The van der Waals surface area contributed by atoms with Gasteiger partial charge in [-0.3, -0.25) is 0 Å². The summed E-state index contributed by atoms with van der Waals surface area (Å²) in [5, 5.41) is 4.62. The first kappa shape index (κ1) is 11.3. The van der Waals surface area contributed by atoms with Crippen LogP contribution < -0.4 is 5.32 Å². The molecule has 0 heterocycles.